The topological polar surface area (TPSA) is 63.4 Å². The molecule has 0 unspecified atom stereocenters. The summed E-state index contributed by atoms with van der Waals surface area (Å²) in [7, 11) is 4.93. The van der Waals surface area contributed by atoms with E-state index in [-0.39, 0.29) is 5.78 Å². The van der Waals surface area contributed by atoms with Crippen molar-refractivity contribution in [3.05, 3.63) is 23.4 Å². The van der Waals surface area contributed by atoms with Crippen molar-refractivity contribution in [2.75, 3.05) is 27.8 Å². The summed E-state index contributed by atoms with van der Waals surface area (Å²) in [5.74, 6) is 1.31. The smallest absolute Gasteiger partial charge is 0.179 e. The van der Waals surface area contributed by atoms with Gasteiger partial charge in [-0.3, -0.25) is 4.79 Å². The van der Waals surface area contributed by atoms with E-state index < -0.39 is 0 Å². The zero-order valence-electron chi connectivity index (χ0n) is 11.6. The molecule has 0 aliphatic rings. The van der Waals surface area contributed by atoms with Gasteiger partial charge in [-0.1, -0.05) is 0 Å². The van der Waals surface area contributed by atoms with Crippen molar-refractivity contribution in [1.82, 2.24) is 10.3 Å². The van der Waals surface area contributed by atoms with Crippen LogP contribution in [0.1, 0.15) is 16.1 Å². The standard InChI is InChI=1S/C14H18N2O3/c1-8-14(11(17)7-15-2)9-5-12(18-3)13(19-4)6-10(9)16-8/h5-6,15-16H,7H2,1-4H3. The molecule has 0 radical (unpaired) electrons. The lowest BCUT2D eigenvalue weighted by molar-refractivity contribution is 0.0994. The summed E-state index contributed by atoms with van der Waals surface area (Å²) < 4.78 is 10.5. The van der Waals surface area contributed by atoms with Gasteiger partial charge in [0.25, 0.3) is 0 Å². The number of aromatic nitrogens is 1. The third-order valence-corrected chi connectivity index (χ3v) is 3.11. The van der Waals surface area contributed by atoms with Gasteiger partial charge in [0.1, 0.15) is 0 Å². The van der Waals surface area contributed by atoms with Gasteiger partial charge in [0.05, 0.1) is 26.3 Å². The van der Waals surface area contributed by atoms with E-state index in [1.807, 2.05) is 19.1 Å². The van der Waals surface area contributed by atoms with Crippen LogP contribution in [-0.4, -0.2) is 38.6 Å². The second kappa shape index (κ2) is 5.32. The van der Waals surface area contributed by atoms with Crippen molar-refractivity contribution in [3.63, 3.8) is 0 Å². The van der Waals surface area contributed by atoms with Crippen LogP contribution in [-0.2, 0) is 0 Å². The number of ether oxygens (including phenoxy) is 2. The Morgan fingerprint density at radius 1 is 1.26 bits per heavy atom. The number of hydrogen-bond donors (Lipinski definition) is 2. The average molecular weight is 262 g/mol. The first-order chi connectivity index (χ1) is 9.12. The van der Waals surface area contributed by atoms with Crippen LogP contribution in [0.15, 0.2) is 12.1 Å². The van der Waals surface area contributed by atoms with E-state index >= 15 is 0 Å². The van der Waals surface area contributed by atoms with E-state index in [1.165, 1.54) is 0 Å². The second-order valence-corrected chi connectivity index (χ2v) is 4.33. The summed E-state index contributed by atoms with van der Waals surface area (Å²) >= 11 is 0. The normalized spacial score (nSPS) is 10.7. The summed E-state index contributed by atoms with van der Waals surface area (Å²) in [6, 6.07) is 3.68. The Morgan fingerprint density at radius 3 is 2.47 bits per heavy atom. The third kappa shape index (κ3) is 2.29. The number of likely N-dealkylation sites (N-methyl/N-ethyl adjacent to an activating group) is 1. The number of carbonyl (C=O) groups is 1. The molecule has 0 spiro atoms. The number of H-pyrrole nitrogens is 1. The number of Topliss-reactive ketones (excluding diaryl/α,β-unsaturated/α-hetero) is 1. The molecule has 5 nitrogen and oxygen atoms in total. The van der Waals surface area contributed by atoms with E-state index in [2.05, 4.69) is 10.3 Å². The zero-order chi connectivity index (χ0) is 14.0. The first-order valence-corrected chi connectivity index (χ1v) is 6.04. The van der Waals surface area contributed by atoms with Crippen molar-refractivity contribution in [2.45, 2.75) is 6.92 Å². The van der Waals surface area contributed by atoms with Gasteiger partial charge in [0.15, 0.2) is 17.3 Å². The van der Waals surface area contributed by atoms with Gasteiger partial charge in [-0.05, 0) is 20.0 Å². The van der Waals surface area contributed by atoms with Crippen LogP contribution in [0.5, 0.6) is 11.5 Å². The molecule has 0 atom stereocenters. The first kappa shape index (κ1) is 13.4. The van der Waals surface area contributed by atoms with E-state index in [0.717, 1.165) is 16.6 Å². The fourth-order valence-corrected chi connectivity index (χ4v) is 2.26. The van der Waals surface area contributed by atoms with Crippen LogP contribution in [0.2, 0.25) is 0 Å². The van der Waals surface area contributed by atoms with Crippen molar-refractivity contribution < 1.29 is 14.3 Å². The molecule has 0 amide bonds. The molecule has 0 aliphatic carbocycles. The van der Waals surface area contributed by atoms with Gasteiger partial charge in [-0.15, -0.1) is 0 Å². The molecule has 0 aliphatic heterocycles. The number of carbonyl (C=O) groups excluding carboxylic acids is 1. The quantitative estimate of drug-likeness (QED) is 0.808. The average Bonchev–Trinajstić information content (AvgIpc) is 2.72. The molecular formula is C14H18N2O3. The minimum absolute atomic E-state index is 0.0541. The predicted molar refractivity (Wildman–Crippen MR) is 74.4 cm³/mol. The monoisotopic (exact) mass is 262 g/mol. The Morgan fingerprint density at radius 2 is 1.89 bits per heavy atom. The van der Waals surface area contributed by atoms with Crippen LogP contribution in [0.3, 0.4) is 0 Å². The van der Waals surface area contributed by atoms with Crippen LogP contribution >= 0.6 is 0 Å². The number of methoxy groups -OCH3 is 2. The van der Waals surface area contributed by atoms with Gasteiger partial charge in [0, 0.05) is 22.7 Å². The van der Waals surface area contributed by atoms with Gasteiger partial charge >= 0.3 is 0 Å². The molecule has 19 heavy (non-hydrogen) atoms. The maximum absolute atomic E-state index is 12.1. The molecule has 102 valence electrons. The van der Waals surface area contributed by atoms with Crippen LogP contribution in [0.25, 0.3) is 10.9 Å². The first-order valence-electron chi connectivity index (χ1n) is 6.04. The molecule has 5 heteroatoms. The lowest BCUT2D eigenvalue weighted by Gasteiger charge is -2.07. The van der Waals surface area contributed by atoms with E-state index in [1.54, 1.807) is 21.3 Å². The highest BCUT2D eigenvalue weighted by molar-refractivity contribution is 6.10. The Hall–Kier alpha value is -2.01. The van der Waals surface area contributed by atoms with Crippen molar-refractivity contribution in [2.24, 2.45) is 0 Å². The Balaban J connectivity index is 2.65. The molecule has 0 saturated carbocycles. The summed E-state index contributed by atoms with van der Waals surface area (Å²) in [5.41, 5.74) is 2.42. The number of fused-ring (bicyclic) bond motifs is 1. The highest BCUT2D eigenvalue weighted by Gasteiger charge is 2.18. The molecule has 0 saturated heterocycles. The lowest BCUT2D eigenvalue weighted by Crippen LogP contribution is -2.18. The fraction of sp³-hybridized carbons (Fsp3) is 0.357. The number of nitrogens with one attached hydrogen (secondary N) is 2. The van der Waals surface area contributed by atoms with Crippen molar-refractivity contribution in [3.8, 4) is 11.5 Å². The van der Waals surface area contributed by atoms with Gasteiger partial charge < -0.3 is 19.8 Å². The van der Waals surface area contributed by atoms with E-state index in [0.29, 0.717) is 23.6 Å². The van der Waals surface area contributed by atoms with Crippen LogP contribution in [0, 0.1) is 6.92 Å². The largest absolute Gasteiger partial charge is 0.493 e. The molecule has 2 N–H and O–H groups in total. The number of rotatable bonds is 5. The van der Waals surface area contributed by atoms with Gasteiger partial charge in [-0.25, -0.2) is 0 Å². The molecule has 0 fully saturated rings. The highest BCUT2D eigenvalue weighted by Crippen LogP contribution is 2.34. The van der Waals surface area contributed by atoms with Crippen LogP contribution < -0.4 is 14.8 Å². The Bertz CT molecular complexity index is 617. The molecule has 1 aromatic carbocycles. The predicted octanol–water partition coefficient (Wildman–Crippen LogP) is 1.90. The second-order valence-electron chi connectivity index (χ2n) is 4.33. The minimum atomic E-state index is 0.0541. The molecule has 1 heterocycles. The molecule has 1 aromatic heterocycles. The van der Waals surface area contributed by atoms with Crippen molar-refractivity contribution in [1.29, 1.82) is 0 Å². The molecule has 0 bridgehead atoms. The summed E-state index contributed by atoms with van der Waals surface area (Å²) in [6.07, 6.45) is 0. The molecule has 2 aromatic rings. The van der Waals surface area contributed by atoms with Crippen LogP contribution in [0.4, 0.5) is 0 Å². The van der Waals surface area contributed by atoms with E-state index in [9.17, 15) is 4.79 Å². The highest BCUT2D eigenvalue weighted by atomic mass is 16.5. The maximum atomic E-state index is 12.1. The summed E-state index contributed by atoms with van der Waals surface area (Å²) in [5, 5.41) is 3.74. The number of ketones is 1. The Labute approximate surface area is 111 Å². The SMILES string of the molecule is CNCC(=O)c1c(C)[nH]c2cc(OC)c(OC)cc12. The van der Waals surface area contributed by atoms with Gasteiger partial charge in [-0.2, -0.15) is 0 Å². The van der Waals surface area contributed by atoms with E-state index in [4.69, 9.17) is 9.47 Å². The number of aryl methyl sites for hydroxylation is 1. The lowest BCUT2D eigenvalue weighted by atomic mass is 10.1. The number of benzene rings is 1. The third-order valence-electron chi connectivity index (χ3n) is 3.11. The Kier molecular flexibility index (Phi) is 3.76. The maximum Gasteiger partial charge on any atom is 0.179 e. The van der Waals surface area contributed by atoms with Crippen molar-refractivity contribution >= 4 is 16.7 Å². The molecule has 2 rings (SSSR count). The number of hydrogen-bond acceptors (Lipinski definition) is 4. The summed E-state index contributed by atoms with van der Waals surface area (Å²) in [6.45, 7) is 2.20. The van der Waals surface area contributed by atoms with Gasteiger partial charge in [0.2, 0.25) is 0 Å². The summed E-state index contributed by atoms with van der Waals surface area (Å²) in [4.78, 5) is 15.3. The molecular weight excluding hydrogens is 244 g/mol. The number of aromatic amines is 1. The fourth-order valence-electron chi connectivity index (χ4n) is 2.26. The zero-order valence-corrected chi connectivity index (χ0v) is 11.6. The minimum Gasteiger partial charge on any atom is -0.493 e.